The van der Waals surface area contributed by atoms with Crippen molar-refractivity contribution in [3.8, 4) is 0 Å². The summed E-state index contributed by atoms with van der Waals surface area (Å²) in [5.74, 6) is -1.61. The van der Waals surface area contributed by atoms with Gasteiger partial charge >= 0.3 is 6.18 Å². The molecule has 2 aromatic rings. The summed E-state index contributed by atoms with van der Waals surface area (Å²) in [5.41, 5.74) is 5.51. The molecule has 0 radical (unpaired) electrons. The molecular formula is C28H33F3N4O3. The number of aryl methyl sites for hydroxylation is 1. The third-order valence-electron chi connectivity index (χ3n) is 7.63. The summed E-state index contributed by atoms with van der Waals surface area (Å²) in [7, 11) is 0. The van der Waals surface area contributed by atoms with Gasteiger partial charge in [0.1, 0.15) is 6.04 Å². The molecule has 0 bridgehead atoms. The smallest absolute Gasteiger partial charge is 0.368 e. The van der Waals surface area contributed by atoms with Crippen LogP contribution < -0.4 is 11.1 Å². The largest absolute Gasteiger partial charge is 0.416 e. The first-order valence-corrected chi connectivity index (χ1v) is 12.9. The van der Waals surface area contributed by atoms with Crippen molar-refractivity contribution in [1.29, 1.82) is 0 Å². The van der Waals surface area contributed by atoms with Crippen LogP contribution in [-0.2, 0) is 15.8 Å². The summed E-state index contributed by atoms with van der Waals surface area (Å²) in [6, 6.07) is 11.6. The maximum Gasteiger partial charge on any atom is 0.416 e. The van der Waals surface area contributed by atoms with E-state index >= 15 is 0 Å². The standard InChI is InChI=1S/C28H33F3N4O3/c1-18-11-12-20(17-22(18)28(29,30)31)27(38)35-15-13-34(14-16-35)23-10-6-5-9-21(23)26(37)33-24(25(32)36)19-7-3-2-4-8-19/h2-4,7-8,11-12,17,21,23-24H,5-6,9-10,13-16H2,1H3,(H2,32,36)(H,33,37)/t21-,23-,24+/m1/s1. The van der Waals surface area contributed by atoms with E-state index in [1.165, 1.54) is 19.1 Å². The second-order valence-electron chi connectivity index (χ2n) is 10.1. The van der Waals surface area contributed by atoms with Crippen molar-refractivity contribution >= 4 is 17.7 Å². The Morgan fingerprint density at radius 2 is 1.63 bits per heavy atom. The van der Waals surface area contributed by atoms with Crippen LogP contribution in [0.3, 0.4) is 0 Å². The van der Waals surface area contributed by atoms with Gasteiger partial charge in [0, 0.05) is 37.8 Å². The number of hydrogen-bond donors (Lipinski definition) is 2. The molecule has 3 atom stereocenters. The second kappa shape index (κ2) is 11.6. The normalized spacial score (nSPS) is 21.5. The van der Waals surface area contributed by atoms with Crippen molar-refractivity contribution in [3.05, 3.63) is 70.8 Å². The van der Waals surface area contributed by atoms with Gasteiger partial charge in [0.2, 0.25) is 11.8 Å². The van der Waals surface area contributed by atoms with Crippen LogP contribution in [0.2, 0.25) is 0 Å². The lowest BCUT2D eigenvalue weighted by Gasteiger charge is -2.44. The Bertz CT molecular complexity index is 1160. The average Bonchev–Trinajstić information content (AvgIpc) is 2.91. The number of nitrogens with one attached hydrogen (secondary N) is 1. The van der Waals surface area contributed by atoms with Gasteiger partial charge in [0.05, 0.1) is 11.5 Å². The Morgan fingerprint density at radius 3 is 2.26 bits per heavy atom. The topological polar surface area (TPSA) is 95.7 Å². The number of halogens is 3. The SMILES string of the molecule is Cc1ccc(C(=O)N2CCN([C@@H]3CCCC[C@H]3C(=O)N[C@H](C(N)=O)c3ccccc3)CC2)cc1C(F)(F)F. The Kier molecular flexibility index (Phi) is 8.40. The van der Waals surface area contributed by atoms with Crippen LogP contribution in [0.5, 0.6) is 0 Å². The van der Waals surface area contributed by atoms with Gasteiger partial charge in [-0.2, -0.15) is 13.2 Å². The maximum atomic E-state index is 13.3. The number of carbonyl (C=O) groups excluding carboxylic acids is 3. The molecule has 204 valence electrons. The first kappa shape index (κ1) is 27.6. The number of benzene rings is 2. The molecular weight excluding hydrogens is 497 g/mol. The zero-order chi connectivity index (χ0) is 27.4. The van der Waals surface area contributed by atoms with Gasteiger partial charge < -0.3 is 16.0 Å². The summed E-state index contributed by atoms with van der Waals surface area (Å²) in [6.45, 7) is 3.10. The van der Waals surface area contributed by atoms with Crippen molar-refractivity contribution in [3.63, 3.8) is 0 Å². The highest BCUT2D eigenvalue weighted by atomic mass is 19.4. The van der Waals surface area contributed by atoms with Crippen LogP contribution in [0.15, 0.2) is 48.5 Å². The Labute approximate surface area is 220 Å². The molecule has 1 aliphatic heterocycles. The fourth-order valence-corrected chi connectivity index (χ4v) is 5.57. The van der Waals surface area contributed by atoms with Crippen LogP contribution in [0, 0.1) is 12.8 Å². The number of piperazine rings is 1. The number of alkyl halides is 3. The fourth-order valence-electron chi connectivity index (χ4n) is 5.57. The lowest BCUT2D eigenvalue weighted by molar-refractivity contribution is -0.138. The van der Waals surface area contributed by atoms with Gasteiger partial charge in [-0.25, -0.2) is 0 Å². The molecule has 0 spiro atoms. The van der Waals surface area contributed by atoms with Crippen molar-refractivity contribution in [2.75, 3.05) is 26.2 Å². The lowest BCUT2D eigenvalue weighted by Crippen LogP contribution is -2.56. The number of primary amides is 1. The van der Waals surface area contributed by atoms with Crippen LogP contribution in [0.1, 0.15) is 58.8 Å². The monoisotopic (exact) mass is 530 g/mol. The number of carbonyl (C=O) groups is 3. The van der Waals surface area contributed by atoms with E-state index in [2.05, 4.69) is 10.2 Å². The molecule has 3 N–H and O–H groups in total. The number of hydrogen-bond acceptors (Lipinski definition) is 4. The van der Waals surface area contributed by atoms with Crippen LogP contribution in [-0.4, -0.2) is 59.7 Å². The predicted octanol–water partition coefficient (Wildman–Crippen LogP) is 3.67. The van der Waals surface area contributed by atoms with E-state index in [0.717, 1.165) is 25.3 Å². The van der Waals surface area contributed by atoms with Gasteiger partial charge in [-0.05, 0) is 43.0 Å². The van der Waals surface area contributed by atoms with Crippen molar-refractivity contribution in [2.45, 2.75) is 50.9 Å². The molecule has 0 unspecified atom stereocenters. The van der Waals surface area contributed by atoms with Gasteiger partial charge in [-0.1, -0.05) is 49.2 Å². The summed E-state index contributed by atoms with van der Waals surface area (Å²) in [4.78, 5) is 42.2. The highest BCUT2D eigenvalue weighted by molar-refractivity contribution is 5.94. The number of amides is 3. The molecule has 1 saturated carbocycles. The van der Waals surface area contributed by atoms with Crippen LogP contribution in [0.4, 0.5) is 13.2 Å². The first-order chi connectivity index (χ1) is 18.1. The van der Waals surface area contributed by atoms with E-state index in [1.807, 2.05) is 6.07 Å². The van der Waals surface area contributed by atoms with Gasteiger partial charge in [-0.3, -0.25) is 19.3 Å². The number of nitrogens with zero attached hydrogens (tertiary/aromatic N) is 2. The van der Waals surface area contributed by atoms with E-state index in [1.54, 1.807) is 29.2 Å². The molecule has 1 aliphatic carbocycles. The second-order valence-corrected chi connectivity index (χ2v) is 10.1. The van der Waals surface area contributed by atoms with Crippen molar-refractivity contribution in [1.82, 2.24) is 15.1 Å². The molecule has 0 aromatic heterocycles. The molecule has 3 amide bonds. The summed E-state index contributed by atoms with van der Waals surface area (Å²) in [5, 5.41) is 2.85. The highest BCUT2D eigenvalue weighted by Crippen LogP contribution is 2.33. The summed E-state index contributed by atoms with van der Waals surface area (Å²) in [6.07, 6.45) is -1.17. The van der Waals surface area contributed by atoms with Gasteiger partial charge in [0.25, 0.3) is 5.91 Å². The molecule has 1 saturated heterocycles. The van der Waals surface area contributed by atoms with E-state index < -0.39 is 29.6 Å². The Hall–Kier alpha value is -3.40. The molecule has 10 heteroatoms. The molecule has 2 aliphatic rings. The van der Waals surface area contributed by atoms with Crippen LogP contribution >= 0.6 is 0 Å². The minimum absolute atomic E-state index is 0.0182. The lowest BCUT2D eigenvalue weighted by atomic mass is 9.82. The number of rotatable bonds is 6. The highest BCUT2D eigenvalue weighted by Gasteiger charge is 2.38. The molecule has 2 aromatic carbocycles. The average molecular weight is 531 g/mol. The number of nitrogens with two attached hydrogens (primary N) is 1. The Morgan fingerprint density at radius 1 is 0.974 bits per heavy atom. The van der Waals surface area contributed by atoms with Gasteiger partial charge in [-0.15, -0.1) is 0 Å². The molecule has 38 heavy (non-hydrogen) atoms. The summed E-state index contributed by atoms with van der Waals surface area (Å²) < 4.78 is 40.0. The minimum Gasteiger partial charge on any atom is -0.368 e. The van der Waals surface area contributed by atoms with Crippen LogP contribution in [0.25, 0.3) is 0 Å². The Balaban J connectivity index is 1.41. The zero-order valence-electron chi connectivity index (χ0n) is 21.3. The van der Waals surface area contributed by atoms with E-state index in [4.69, 9.17) is 5.73 Å². The van der Waals surface area contributed by atoms with Gasteiger partial charge in [0.15, 0.2) is 0 Å². The maximum absolute atomic E-state index is 13.3. The first-order valence-electron chi connectivity index (χ1n) is 12.9. The predicted molar refractivity (Wildman–Crippen MR) is 136 cm³/mol. The fraction of sp³-hybridized carbons (Fsp3) is 0.464. The zero-order valence-corrected chi connectivity index (χ0v) is 21.3. The molecule has 1 heterocycles. The minimum atomic E-state index is -4.52. The molecule has 4 rings (SSSR count). The summed E-state index contributed by atoms with van der Waals surface area (Å²) >= 11 is 0. The quantitative estimate of drug-likeness (QED) is 0.596. The van der Waals surface area contributed by atoms with E-state index in [9.17, 15) is 27.6 Å². The third kappa shape index (κ3) is 6.18. The molecule has 7 nitrogen and oxygen atoms in total. The van der Waals surface area contributed by atoms with Crippen molar-refractivity contribution < 1.29 is 27.6 Å². The third-order valence-corrected chi connectivity index (χ3v) is 7.63. The molecule has 2 fully saturated rings. The van der Waals surface area contributed by atoms with Crippen molar-refractivity contribution in [2.24, 2.45) is 11.7 Å². The van der Waals surface area contributed by atoms with E-state index in [0.29, 0.717) is 38.2 Å². The van der Waals surface area contributed by atoms with E-state index in [-0.39, 0.29) is 29.0 Å².